The van der Waals surface area contributed by atoms with E-state index in [2.05, 4.69) is 33.8 Å². The van der Waals surface area contributed by atoms with Crippen molar-refractivity contribution >= 4 is 39.0 Å². The molecule has 4 rings (SSSR count). The van der Waals surface area contributed by atoms with Gasteiger partial charge in [0.25, 0.3) is 15.9 Å². The summed E-state index contributed by atoms with van der Waals surface area (Å²) in [7, 11) is -4.26. The van der Waals surface area contributed by atoms with E-state index in [1.54, 1.807) is 18.2 Å². The van der Waals surface area contributed by atoms with Gasteiger partial charge in [-0.05, 0) is 48.4 Å². The predicted molar refractivity (Wildman–Crippen MR) is 148 cm³/mol. The molecular weight excluding hydrogens is 528 g/mol. The van der Waals surface area contributed by atoms with Gasteiger partial charge in [-0.15, -0.1) is 0 Å². The number of carbonyl (C=O) groups excluding carboxylic acids is 1. The number of aromatic nitrogens is 1. The summed E-state index contributed by atoms with van der Waals surface area (Å²) in [4.78, 5) is 19.6. The molecule has 1 atom stereocenters. The molecule has 3 N–H and O–H groups in total. The van der Waals surface area contributed by atoms with Crippen molar-refractivity contribution in [1.82, 2.24) is 9.71 Å². The molecule has 208 valence electrons. The van der Waals surface area contributed by atoms with Crippen LogP contribution in [-0.2, 0) is 14.8 Å². The number of halogens is 1. The number of benzene rings is 1. The normalized spacial score (nSPS) is 19.1. The third-order valence-corrected chi connectivity index (χ3v) is 8.83. The minimum atomic E-state index is -4.26. The van der Waals surface area contributed by atoms with Gasteiger partial charge in [0.15, 0.2) is 10.6 Å². The van der Waals surface area contributed by atoms with E-state index < -0.39 is 21.5 Å². The lowest BCUT2D eigenvalue weighted by Crippen LogP contribution is -2.44. The van der Waals surface area contributed by atoms with Crippen molar-refractivity contribution in [2.24, 2.45) is 11.3 Å². The molecule has 1 amide bonds. The van der Waals surface area contributed by atoms with Crippen molar-refractivity contribution in [3.63, 3.8) is 0 Å². The highest BCUT2D eigenvalue weighted by Crippen LogP contribution is 2.45. The standard InChI is InChI=1S/C27H37ClN4O5S/c1-18(2)20(17-33)29-23-6-5-7-24(30-23)38(35,36)31-25(34)27(10-11-27)37-22-16-19(28)8-9-21(22)32-14-12-26(3,4)13-15-32/h5-9,16,18,20,33H,10-15,17H2,1-4H3,(H,29,30)(H,31,34). The average Bonchev–Trinajstić information content (AvgIpc) is 3.63. The Balaban J connectivity index is 1.50. The number of rotatable bonds is 10. The maximum Gasteiger partial charge on any atom is 0.281 e. The lowest BCUT2D eigenvalue weighted by Gasteiger charge is -2.39. The molecule has 1 saturated carbocycles. The molecule has 1 aliphatic heterocycles. The smallest absolute Gasteiger partial charge is 0.281 e. The van der Waals surface area contributed by atoms with Crippen molar-refractivity contribution in [3.05, 3.63) is 41.4 Å². The third kappa shape index (κ3) is 6.52. The maximum atomic E-state index is 13.2. The minimum Gasteiger partial charge on any atom is -0.475 e. The number of anilines is 2. The molecule has 0 bridgehead atoms. The summed E-state index contributed by atoms with van der Waals surface area (Å²) in [5, 5.41) is 12.8. The summed E-state index contributed by atoms with van der Waals surface area (Å²) >= 11 is 6.27. The van der Waals surface area contributed by atoms with Gasteiger partial charge in [-0.25, -0.2) is 9.71 Å². The highest BCUT2D eigenvalue weighted by atomic mass is 35.5. The number of pyridine rings is 1. The zero-order chi connectivity index (χ0) is 27.7. The first-order valence-electron chi connectivity index (χ1n) is 13.0. The number of nitrogens with zero attached hydrogens (tertiary/aromatic N) is 2. The number of ether oxygens (including phenoxy) is 1. The van der Waals surface area contributed by atoms with Gasteiger partial charge < -0.3 is 20.1 Å². The molecule has 1 aromatic carbocycles. The van der Waals surface area contributed by atoms with Crippen molar-refractivity contribution in [2.45, 2.75) is 70.0 Å². The number of hydrogen-bond acceptors (Lipinski definition) is 8. The van der Waals surface area contributed by atoms with Crippen molar-refractivity contribution in [3.8, 4) is 5.75 Å². The Kier molecular flexibility index (Phi) is 8.16. The van der Waals surface area contributed by atoms with E-state index in [9.17, 15) is 18.3 Å². The second-order valence-corrected chi connectivity index (χ2v) is 13.4. The lowest BCUT2D eigenvalue weighted by atomic mass is 9.82. The molecule has 1 aromatic heterocycles. The Morgan fingerprint density at radius 2 is 1.84 bits per heavy atom. The van der Waals surface area contributed by atoms with Crippen LogP contribution < -0.4 is 19.7 Å². The second kappa shape index (κ2) is 10.9. The maximum absolute atomic E-state index is 13.2. The van der Waals surface area contributed by atoms with Gasteiger partial charge in [-0.3, -0.25) is 4.79 Å². The summed E-state index contributed by atoms with van der Waals surface area (Å²) in [5.74, 6) is 0.120. The van der Waals surface area contributed by atoms with Gasteiger partial charge in [-0.2, -0.15) is 8.42 Å². The molecule has 2 fully saturated rings. The Hall–Kier alpha value is -2.56. The van der Waals surface area contributed by atoms with E-state index in [4.69, 9.17) is 16.3 Å². The summed E-state index contributed by atoms with van der Waals surface area (Å²) in [6.45, 7) is 9.94. The van der Waals surface area contributed by atoms with Crippen LogP contribution in [0, 0.1) is 11.3 Å². The highest BCUT2D eigenvalue weighted by Gasteiger charge is 2.54. The summed E-state index contributed by atoms with van der Waals surface area (Å²) < 4.78 is 34.6. The van der Waals surface area contributed by atoms with E-state index in [1.807, 2.05) is 19.9 Å². The van der Waals surface area contributed by atoms with Crippen LogP contribution in [-0.4, -0.2) is 55.8 Å². The van der Waals surface area contributed by atoms with Gasteiger partial charge in [-0.1, -0.05) is 45.4 Å². The van der Waals surface area contributed by atoms with E-state index in [1.165, 1.54) is 12.1 Å². The fourth-order valence-electron chi connectivity index (χ4n) is 4.41. The molecule has 38 heavy (non-hydrogen) atoms. The third-order valence-electron chi connectivity index (χ3n) is 7.36. The molecular formula is C27H37ClN4O5S. The SMILES string of the molecule is CC(C)C(CO)Nc1cccc(S(=O)(=O)NC(=O)C2(Oc3cc(Cl)ccc3N3CCC(C)(C)CC3)CC2)n1. The van der Waals surface area contributed by atoms with Crippen LogP contribution in [0.2, 0.25) is 5.02 Å². The fraction of sp³-hybridized carbons (Fsp3) is 0.556. The molecule has 1 saturated heterocycles. The molecule has 1 unspecified atom stereocenters. The van der Waals surface area contributed by atoms with Gasteiger partial charge in [0.1, 0.15) is 11.6 Å². The molecule has 2 aliphatic rings. The largest absolute Gasteiger partial charge is 0.475 e. The van der Waals surface area contributed by atoms with E-state index in [-0.39, 0.29) is 29.0 Å². The zero-order valence-corrected chi connectivity index (χ0v) is 23.9. The number of aliphatic hydroxyl groups excluding tert-OH is 1. The number of carbonyl (C=O) groups is 1. The first-order valence-corrected chi connectivity index (χ1v) is 14.9. The summed E-state index contributed by atoms with van der Waals surface area (Å²) in [6.07, 6.45) is 2.82. The lowest BCUT2D eigenvalue weighted by molar-refractivity contribution is -0.127. The van der Waals surface area contributed by atoms with Crippen LogP contribution >= 0.6 is 11.6 Å². The van der Waals surface area contributed by atoms with E-state index in [0.717, 1.165) is 31.6 Å². The van der Waals surface area contributed by atoms with Crippen LogP contribution in [0.5, 0.6) is 5.75 Å². The van der Waals surface area contributed by atoms with Crippen molar-refractivity contribution in [1.29, 1.82) is 0 Å². The Labute approximate surface area is 230 Å². The Morgan fingerprint density at radius 3 is 2.45 bits per heavy atom. The van der Waals surface area contributed by atoms with E-state index in [0.29, 0.717) is 29.4 Å². The predicted octanol–water partition coefficient (Wildman–Crippen LogP) is 4.21. The molecule has 2 heterocycles. The molecule has 0 spiro atoms. The van der Waals surface area contributed by atoms with Crippen LogP contribution in [0.4, 0.5) is 11.5 Å². The number of piperidine rings is 1. The monoisotopic (exact) mass is 564 g/mol. The van der Waals surface area contributed by atoms with Crippen LogP contribution in [0.1, 0.15) is 53.4 Å². The number of nitrogens with one attached hydrogen (secondary N) is 2. The number of amides is 1. The average molecular weight is 565 g/mol. The van der Waals surface area contributed by atoms with Crippen LogP contribution in [0.3, 0.4) is 0 Å². The first-order chi connectivity index (χ1) is 17.8. The topological polar surface area (TPSA) is 121 Å². The van der Waals surface area contributed by atoms with Crippen molar-refractivity contribution < 1.29 is 23.1 Å². The second-order valence-electron chi connectivity index (χ2n) is 11.3. The zero-order valence-electron chi connectivity index (χ0n) is 22.3. The molecule has 11 heteroatoms. The van der Waals surface area contributed by atoms with Gasteiger partial charge >= 0.3 is 0 Å². The molecule has 2 aromatic rings. The summed E-state index contributed by atoms with van der Waals surface area (Å²) in [6, 6.07) is 9.53. The Bertz CT molecular complexity index is 1270. The van der Waals surface area contributed by atoms with E-state index >= 15 is 0 Å². The first kappa shape index (κ1) is 28.4. The minimum absolute atomic E-state index is 0.0986. The van der Waals surface area contributed by atoms with Crippen LogP contribution in [0.15, 0.2) is 41.4 Å². The van der Waals surface area contributed by atoms with Gasteiger partial charge in [0.05, 0.1) is 18.3 Å². The molecule has 9 nitrogen and oxygen atoms in total. The fourth-order valence-corrected chi connectivity index (χ4v) is 5.58. The highest BCUT2D eigenvalue weighted by molar-refractivity contribution is 7.90. The Morgan fingerprint density at radius 1 is 1.16 bits per heavy atom. The molecule has 0 radical (unpaired) electrons. The molecule has 1 aliphatic carbocycles. The number of sulfonamides is 1. The quantitative estimate of drug-likeness (QED) is 0.392. The summed E-state index contributed by atoms with van der Waals surface area (Å²) in [5.41, 5.74) is -0.183. The van der Waals surface area contributed by atoms with Gasteiger partial charge in [0.2, 0.25) is 0 Å². The number of aliphatic hydroxyl groups is 1. The van der Waals surface area contributed by atoms with Gasteiger partial charge in [0, 0.05) is 37.0 Å². The number of hydrogen-bond donors (Lipinski definition) is 3. The van der Waals surface area contributed by atoms with Crippen LogP contribution in [0.25, 0.3) is 0 Å². The van der Waals surface area contributed by atoms with Crippen molar-refractivity contribution in [2.75, 3.05) is 29.9 Å².